The van der Waals surface area contributed by atoms with Gasteiger partial charge in [-0.2, -0.15) is 0 Å². The maximum Gasteiger partial charge on any atom is 0.256 e. The molecule has 0 unspecified atom stereocenters. The quantitative estimate of drug-likeness (QED) is 0.729. The molecule has 1 amide bonds. The minimum absolute atomic E-state index is 0.0879. The summed E-state index contributed by atoms with van der Waals surface area (Å²) in [7, 11) is 0. The number of hydrogen-bond acceptors (Lipinski definition) is 6. The predicted molar refractivity (Wildman–Crippen MR) is 104 cm³/mol. The zero-order valence-electron chi connectivity index (χ0n) is 15.4. The number of anilines is 1. The first-order chi connectivity index (χ1) is 13.7. The summed E-state index contributed by atoms with van der Waals surface area (Å²) in [5.41, 5.74) is 3.10. The number of carbonyl (C=O) groups excluding carboxylic acids is 1. The van der Waals surface area contributed by atoms with E-state index in [1.807, 2.05) is 12.1 Å². The normalized spacial score (nSPS) is 16.4. The highest BCUT2D eigenvalue weighted by Crippen LogP contribution is 2.22. The molecule has 2 aliphatic heterocycles. The summed E-state index contributed by atoms with van der Waals surface area (Å²) in [4.78, 5) is 45.8. The van der Waals surface area contributed by atoms with Crippen LogP contribution in [0.5, 0.6) is 0 Å². The van der Waals surface area contributed by atoms with E-state index in [1.165, 1.54) is 0 Å². The van der Waals surface area contributed by atoms with E-state index in [0.717, 1.165) is 25.9 Å². The molecule has 1 saturated heterocycles. The molecule has 2 aromatic heterocycles. The zero-order valence-corrected chi connectivity index (χ0v) is 15.4. The summed E-state index contributed by atoms with van der Waals surface area (Å²) in [5, 5.41) is 0. The first-order valence-electron chi connectivity index (χ1n) is 9.57. The molecule has 0 bridgehead atoms. The number of H-pyrrole nitrogens is 1. The van der Waals surface area contributed by atoms with Crippen molar-refractivity contribution in [1.82, 2.24) is 24.8 Å². The number of fused-ring (bicyclic) bond motifs is 2. The third-order valence-corrected chi connectivity index (χ3v) is 5.48. The number of para-hydroxylation sites is 1. The molecule has 1 fully saturated rings. The molecule has 4 heterocycles. The van der Waals surface area contributed by atoms with Crippen molar-refractivity contribution in [2.45, 2.75) is 25.8 Å². The average molecular weight is 376 g/mol. The predicted octanol–water partition coefficient (Wildman–Crippen LogP) is 1.51. The van der Waals surface area contributed by atoms with Crippen molar-refractivity contribution in [3.63, 3.8) is 0 Å². The lowest BCUT2D eigenvalue weighted by atomic mass is 10.0. The summed E-state index contributed by atoms with van der Waals surface area (Å²) in [6, 6.07) is 5.43. The van der Waals surface area contributed by atoms with Gasteiger partial charge in [-0.1, -0.05) is 6.07 Å². The highest BCUT2D eigenvalue weighted by molar-refractivity contribution is 6.04. The Morgan fingerprint density at radius 3 is 2.75 bits per heavy atom. The van der Waals surface area contributed by atoms with E-state index in [0.29, 0.717) is 53.3 Å². The number of nitrogens with one attached hydrogen (secondary N) is 1. The highest BCUT2D eigenvalue weighted by atomic mass is 16.2. The number of aromatic nitrogens is 4. The number of rotatable bonds is 2. The molecular weight excluding hydrogens is 356 g/mol. The molecule has 0 atom stereocenters. The maximum absolute atomic E-state index is 13.2. The SMILES string of the molecule is O=C(c1cccc2nccnc12)N1CCc2c(nc(N3CCCC3)[nH]c2=O)C1. The van der Waals surface area contributed by atoms with Gasteiger partial charge in [0.25, 0.3) is 11.5 Å². The van der Waals surface area contributed by atoms with E-state index in [2.05, 4.69) is 19.9 Å². The fraction of sp³-hybridized carbons (Fsp3) is 0.350. The molecule has 5 rings (SSSR count). The molecule has 0 radical (unpaired) electrons. The summed E-state index contributed by atoms with van der Waals surface area (Å²) < 4.78 is 0. The van der Waals surface area contributed by atoms with Crippen molar-refractivity contribution >= 4 is 22.9 Å². The second-order valence-electron chi connectivity index (χ2n) is 7.22. The van der Waals surface area contributed by atoms with Gasteiger partial charge >= 0.3 is 0 Å². The third kappa shape index (κ3) is 2.81. The van der Waals surface area contributed by atoms with Gasteiger partial charge in [-0.05, 0) is 31.4 Å². The minimum Gasteiger partial charge on any atom is -0.342 e. The van der Waals surface area contributed by atoms with Crippen molar-refractivity contribution in [3.8, 4) is 0 Å². The van der Waals surface area contributed by atoms with E-state index in [4.69, 9.17) is 4.98 Å². The van der Waals surface area contributed by atoms with Gasteiger partial charge in [0.1, 0.15) is 5.52 Å². The van der Waals surface area contributed by atoms with Crippen LogP contribution in [0.25, 0.3) is 11.0 Å². The van der Waals surface area contributed by atoms with Gasteiger partial charge in [0.15, 0.2) is 0 Å². The second-order valence-corrected chi connectivity index (χ2v) is 7.22. The topological polar surface area (TPSA) is 95.1 Å². The van der Waals surface area contributed by atoms with E-state index >= 15 is 0 Å². The van der Waals surface area contributed by atoms with Gasteiger partial charge in [0, 0.05) is 37.6 Å². The van der Waals surface area contributed by atoms with Crippen LogP contribution in [0.15, 0.2) is 35.4 Å². The smallest absolute Gasteiger partial charge is 0.256 e. The molecular formula is C20H20N6O2. The minimum atomic E-state index is -0.110. The van der Waals surface area contributed by atoms with Crippen LogP contribution >= 0.6 is 0 Å². The number of benzene rings is 1. The Bertz CT molecular complexity index is 1110. The molecule has 2 aliphatic rings. The van der Waals surface area contributed by atoms with Crippen molar-refractivity contribution in [2.24, 2.45) is 0 Å². The van der Waals surface area contributed by atoms with Crippen LogP contribution in [0.1, 0.15) is 34.5 Å². The van der Waals surface area contributed by atoms with Crippen LogP contribution in [0.3, 0.4) is 0 Å². The molecule has 1 aromatic carbocycles. The average Bonchev–Trinajstić information content (AvgIpc) is 3.27. The van der Waals surface area contributed by atoms with Gasteiger partial charge < -0.3 is 9.80 Å². The summed E-state index contributed by atoms with van der Waals surface area (Å²) in [6.45, 7) is 2.62. The van der Waals surface area contributed by atoms with E-state index in [1.54, 1.807) is 23.4 Å². The molecule has 0 spiro atoms. The van der Waals surface area contributed by atoms with E-state index in [-0.39, 0.29) is 11.5 Å². The van der Waals surface area contributed by atoms with Crippen LogP contribution in [0, 0.1) is 0 Å². The van der Waals surface area contributed by atoms with Crippen LogP contribution in [-0.4, -0.2) is 50.4 Å². The highest BCUT2D eigenvalue weighted by Gasteiger charge is 2.27. The molecule has 28 heavy (non-hydrogen) atoms. The fourth-order valence-corrected chi connectivity index (χ4v) is 4.01. The summed E-state index contributed by atoms with van der Waals surface area (Å²) >= 11 is 0. The molecule has 1 N–H and O–H groups in total. The van der Waals surface area contributed by atoms with Crippen molar-refractivity contribution < 1.29 is 4.79 Å². The molecule has 3 aromatic rings. The Kier molecular flexibility index (Phi) is 4.03. The monoisotopic (exact) mass is 376 g/mol. The van der Waals surface area contributed by atoms with Gasteiger partial charge in [0.2, 0.25) is 5.95 Å². The van der Waals surface area contributed by atoms with Gasteiger partial charge in [-0.3, -0.25) is 24.5 Å². The first-order valence-corrected chi connectivity index (χ1v) is 9.57. The number of amides is 1. The Hall–Kier alpha value is -3.29. The van der Waals surface area contributed by atoms with E-state index < -0.39 is 0 Å². The Balaban J connectivity index is 1.48. The number of aromatic amines is 1. The Morgan fingerprint density at radius 2 is 1.89 bits per heavy atom. The Morgan fingerprint density at radius 1 is 1.07 bits per heavy atom. The second kappa shape index (κ2) is 6.70. The number of carbonyl (C=O) groups is 1. The zero-order chi connectivity index (χ0) is 19.1. The number of hydrogen-bond donors (Lipinski definition) is 1. The fourth-order valence-electron chi connectivity index (χ4n) is 4.01. The van der Waals surface area contributed by atoms with Crippen molar-refractivity contribution in [1.29, 1.82) is 0 Å². The molecule has 8 heteroatoms. The molecule has 0 aliphatic carbocycles. The summed E-state index contributed by atoms with van der Waals surface area (Å²) in [6.07, 6.45) is 5.92. The van der Waals surface area contributed by atoms with Crippen molar-refractivity contribution in [2.75, 3.05) is 24.5 Å². The molecule has 142 valence electrons. The largest absolute Gasteiger partial charge is 0.342 e. The lowest BCUT2D eigenvalue weighted by Crippen LogP contribution is -2.40. The third-order valence-electron chi connectivity index (χ3n) is 5.48. The maximum atomic E-state index is 13.2. The van der Waals surface area contributed by atoms with Crippen LogP contribution in [-0.2, 0) is 13.0 Å². The molecule has 0 saturated carbocycles. The van der Waals surface area contributed by atoms with Crippen molar-refractivity contribution in [3.05, 3.63) is 57.8 Å². The van der Waals surface area contributed by atoms with Crippen LogP contribution < -0.4 is 10.5 Å². The van der Waals surface area contributed by atoms with Gasteiger partial charge in [-0.15, -0.1) is 0 Å². The standard InChI is InChI=1S/C20H20N6O2/c27-18-13-6-11-26(12-16(13)23-20(24-18)25-9-1-2-10-25)19(28)14-4-3-5-15-17(14)22-8-7-21-15/h3-5,7-8H,1-2,6,9-12H2,(H,23,24,27). The lowest BCUT2D eigenvalue weighted by Gasteiger charge is -2.29. The van der Waals surface area contributed by atoms with Crippen LogP contribution in [0.4, 0.5) is 5.95 Å². The summed E-state index contributed by atoms with van der Waals surface area (Å²) in [5.74, 6) is 0.508. The lowest BCUT2D eigenvalue weighted by molar-refractivity contribution is 0.0733. The number of nitrogens with zero attached hydrogens (tertiary/aromatic N) is 5. The Labute approximate surface area is 161 Å². The van der Waals surface area contributed by atoms with Gasteiger partial charge in [-0.25, -0.2) is 4.98 Å². The van der Waals surface area contributed by atoms with Crippen LogP contribution in [0.2, 0.25) is 0 Å². The first kappa shape index (κ1) is 16.9. The van der Waals surface area contributed by atoms with Gasteiger partial charge in [0.05, 0.1) is 23.3 Å². The molecule has 8 nitrogen and oxygen atoms in total. The van der Waals surface area contributed by atoms with E-state index in [9.17, 15) is 9.59 Å².